The number of nitrogens with two attached hydrogens (primary N) is 1. The standard InChI is InChI=1S/C23H22N2O2/c1-12-4-9-17-18(10-12)21-20(16-7-5-15(6-8-16)14(3)24)19(26)11-13(2)22(21)25-23(17)27/h4-11,14,26H,24H2,1-3H3,(H,25,27)/t14-/m1/s1. The highest BCUT2D eigenvalue weighted by Gasteiger charge is 2.17. The lowest BCUT2D eigenvalue weighted by Gasteiger charge is -2.15. The van der Waals surface area contributed by atoms with Gasteiger partial charge in [0, 0.05) is 22.4 Å². The number of benzene rings is 3. The van der Waals surface area contributed by atoms with Crippen molar-refractivity contribution in [3.63, 3.8) is 0 Å². The predicted octanol–water partition coefficient (Wildman–Crippen LogP) is 4.69. The minimum atomic E-state index is -0.121. The van der Waals surface area contributed by atoms with E-state index in [2.05, 4.69) is 4.98 Å². The Labute approximate surface area is 157 Å². The maximum absolute atomic E-state index is 12.6. The largest absolute Gasteiger partial charge is 0.507 e. The maximum atomic E-state index is 12.6. The lowest BCUT2D eigenvalue weighted by Crippen LogP contribution is -2.08. The van der Waals surface area contributed by atoms with Crippen molar-refractivity contribution in [2.75, 3.05) is 0 Å². The number of H-pyrrole nitrogens is 1. The first kappa shape index (κ1) is 17.3. The summed E-state index contributed by atoms with van der Waals surface area (Å²) >= 11 is 0. The van der Waals surface area contributed by atoms with Gasteiger partial charge >= 0.3 is 0 Å². The van der Waals surface area contributed by atoms with Crippen LogP contribution in [0.25, 0.3) is 32.8 Å². The van der Waals surface area contributed by atoms with Crippen molar-refractivity contribution >= 4 is 21.7 Å². The van der Waals surface area contributed by atoms with Gasteiger partial charge in [-0.05, 0) is 55.0 Å². The van der Waals surface area contributed by atoms with E-state index in [0.29, 0.717) is 5.39 Å². The molecule has 27 heavy (non-hydrogen) atoms. The van der Waals surface area contributed by atoms with Crippen LogP contribution in [-0.4, -0.2) is 10.1 Å². The van der Waals surface area contributed by atoms with Gasteiger partial charge in [-0.15, -0.1) is 0 Å². The number of hydrogen-bond acceptors (Lipinski definition) is 3. The molecule has 4 nitrogen and oxygen atoms in total. The third-order valence-electron chi connectivity index (χ3n) is 5.16. The first-order valence-electron chi connectivity index (χ1n) is 9.01. The van der Waals surface area contributed by atoms with Crippen molar-refractivity contribution < 1.29 is 5.11 Å². The number of fused-ring (bicyclic) bond motifs is 3. The van der Waals surface area contributed by atoms with Crippen molar-refractivity contribution in [1.82, 2.24) is 4.98 Å². The second-order valence-corrected chi connectivity index (χ2v) is 7.25. The van der Waals surface area contributed by atoms with E-state index in [1.807, 2.05) is 63.2 Å². The second-order valence-electron chi connectivity index (χ2n) is 7.25. The zero-order valence-corrected chi connectivity index (χ0v) is 15.6. The van der Waals surface area contributed by atoms with E-state index in [0.717, 1.165) is 44.1 Å². The molecule has 3 aromatic carbocycles. The van der Waals surface area contributed by atoms with Gasteiger partial charge in [0.15, 0.2) is 0 Å². The molecule has 0 bridgehead atoms. The van der Waals surface area contributed by atoms with Gasteiger partial charge in [-0.1, -0.05) is 42.0 Å². The first-order chi connectivity index (χ1) is 12.9. The Kier molecular flexibility index (Phi) is 4.01. The maximum Gasteiger partial charge on any atom is 0.256 e. The van der Waals surface area contributed by atoms with Crippen LogP contribution in [0.3, 0.4) is 0 Å². The number of pyridine rings is 1. The Hall–Kier alpha value is -3.11. The summed E-state index contributed by atoms with van der Waals surface area (Å²) < 4.78 is 0. The van der Waals surface area contributed by atoms with Gasteiger partial charge in [0.2, 0.25) is 0 Å². The van der Waals surface area contributed by atoms with Gasteiger partial charge in [0.05, 0.1) is 5.52 Å². The van der Waals surface area contributed by atoms with E-state index in [1.54, 1.807) is 6.07 Å². The smallest absolute Gasteiger partial charge is 0.256 e. The molecule has 0 saturated carbocycles. The summed E-state index contributed by atoms with van der Waals surface area (Å²) in [4.78, 5) is 15.6. The number of aromatic nitrogens is 1. The molecule has 0 amide bonds. The third-order valence-corrected chi connectivity index (χ3v) is 5.16. The van der Waals surface area contributed by atoms with Gasteiger partial charge in [-0.3, -0.25) is 4.79 Å². The van der Waals surface area contributed by atoms with Crippen LogP contribution in [0, 0.1) is 13.8 Å². The second kappa shape index (κ2) is 6.25. The van der Waals surface area contributed by atoms with E-state index in [4.69, 9.17) is 5.73 Å². The molecule has 1 atom stereocenters. The van der Waals surface area contributed by atoms with Gasteiger partial charge in [0.25, 0.3) is 5.56 Å². The highest BCUT2D eigenvalue weighted by molar-refractivity contribution is 6.14. The molecule has 0 aliphatic heterocycles. The fraction of sp³-hybridized carbons (Fsp3) is 0.174. The Balaban J connectivity index is 2.17. The molecule has 0 aliphatic rings. The molecule has 4 N–H and O–H groups in total. The zero-order valence-electron chi connectivity index (χ0n) is 15.6. The molecule has 0 saturated heterocycles. The van der Waals surface area contributed by atoms with Gasteiger partial charge < -0.3 is 15.8 Å². The molecular formula is C23H22N2O2. The topological polar surface area (TPSA) is 79.1 Å². The van der Waals surface area contributed by atoms with E-state index >= 15 is 0 Å². The minimum absolute atomic E-state index is 0.0535. The monoisotopic (exact) mass is 358 g/mol. The van der Waals surface area contributed by atoms with Crippen LogP contribution in [-0.2, 0) is 0 Å². The summed E-state index contributed by atoms with van der Waals surface area (Å²) in [5.41, 5.74) is 11.1. The SMILES string of the molecule is Cc1ccc2c(=O)[nH]c3c(C)cc(O)c(-c4ccc([C@@H](C)N)cc4)c3c2c1. The number of nitrogens with one attached hydrogen (secondary N) is 1. The average molecular weight is 358 g/mol. The number of phenols is 1. The fourth-order valence-corrected chi connectivity index (χ4v) is 3.72. The lowest BCUT2D eigenvalue weighted by atomic mass is 9.92. The molecule has 4 heteroatoms. The number of aromatic amines is 1. The number of aromatic hydroxyl groups is 1. The molecule has 0 spiro atoms. The van der Waals surface area contributed by atoms with Crippen molar-refractivity contribution in [2.24, 2.45) is 5.73 Å². The Bertz CT molecular complexity index is 1240. The molecule has 4 aromatic rings. The molecule has 0 radical (unpaired) electrons. The molecule has 0 aliphatic carbocycles. The van der Waals surface area contributed by atoms with Gasteiger partial charge in [-0.25, -0.2) is 0 Å². The summed E-state index contributed by atoms with van der Waals surface area (Å²) in [6, 6.07) is 15.3. The van der Waals surface area contributed by atoms with Crippen LogP contribution in [0.15, 0.2) is 53.3 Å². The number of aryl methyl sites for hydroxylation is 2. The van der Waals surface area contributed by atoms with Crippen LogP contribution < -0.4 is 11.3 Å². The summed E-state index contributed by atoms with van der Waals surface area (Å²) in [6.45, 7) is 5.83. The average Bonchev–Trinajstić information content (AvgIpc) is 2.63. The van der Waals surface area contributed by atoms with Crippen molar-refractivity contribution in [2.45, 2.75) is 26.8 Å². The fourth-order valence-electron chi connectivity index (χ4n) is 3.72. The van der Waals surface area contributed by atoms with Crippen LogP contribution in [0.2, 0.25) is 0 Å². The molecular weight excluding hydrogens is 336 g/mol. The molecule has 0 unspecified atom stereocenters. The van der Waals surface area contributed by atoms with Crippen LogP contribution >= 0.6 is 0 Å². The highest BCUT2D eigenvalue weighted by Crippen LogP contribution is 2.40. The van der Waals surface area contributed by atoms with Gasteiger partial charge in [-0.2, -0.15) is 0 Å². The van der Waals surface area contributed by atoms with Crippen molar-refractivity contribution in [3.05, 3.63) is 75.6 Å². The van der Waals surface area contributed by atoms with Gasteiger partial charge in [0.1, 0.15) is 5.75 Å². The normalized spacial score (nSPS) is 12.6. The lowest BCUT2D eigenvalue weighted by molar-refractivity contribution is 0.477. The quantitative estimate of drug-likeness (QED) is 0.455. The molecule has 1 heterocycles. The summed E-state index contributed by atoms with van der Waals surface area (Å²) in [5.74, 6) is 0.198. The molecule has 4 rings (SSSR count). The summed E-state index contributed by atoms with van der Waals surface area (Å²) in [6.07, 6.45) is 0. The molecule has 0 fully saturated rings. The Morgan fingerprint density at radius 1 is 1.00 bits per heavy atom. The minimum Gasteiger partial charge on any atom is -0.507 e. The summed E-state index contributed by atoms with van der Waals surface area (Å²) in [5, 5.41) is 13.1. The van der Waals surface area contributed by atoms with Crippen molar-refractivity contribution in [3.8, 4) is 16.9 Å². The van der Waals surface area contributed by atoms with Crippen molar-refractivity contribution in [1.29, 1.82) is 0 Å². The molecule has 1 aromatic heterocycles. The first-order valence-corrected chi connectivity index (χ1v) is 9.01. The Morgan fingerprint density at radius 3 is 2.37 bits per heavy atom. The number of phenolic OH excluding ortho intramolecular Hbond substituents is 1. The van der Waals surface area contributed by atoms with E-state index < -0.39 is 0 Å². The van der Waals surface area contributed by atoms with Crippen LogP contribution in [0.5, 0.6) is 5.75 Å². The van der Waals surface area contributed by atoms with E-state index in [-0.39, 0.29) is 17.4 Å². The predicted molar refractivity (Wildman–Crippen MR) is 111 cm³/mol. The zero-order chi connectivity index (χ0) is 19.3. The highest BCUT2D eigenvalue weighted by atomic mass is 16.3. The Morgan fingerprint density at radius 2 is 1.70 bits per heavy atom. The number of rotatable bonds is 2. The van der Waals surface area contributed by atoms with Crippen LogP contribution in [0.1, 0.15) is 29.7 Å². The van der Waals surface area contributed by atoms with E-state index in [1.165, 1.54) is 0 Å². The van der Waals surface area contributed by atoms with E-state index in [9.17, 15) is 9.90 Å². The summed E-state index contributed by atoms with van der Waals surface area (Å²) in [7, 11) is 0. The third kappa shape index (κ3) is 2.78. The number of hydrogen-bond donors (Lipinski definition) is 3. The van der Waals surface area contributed by atoms with Crippen LogP contribution in [0.4, 0.5) is 0 Å². The molecule has 136 valence electrons.